The van der Waals surface area contributed by atoms with Crippen LogP contribution in [-0.2, 0) is 9.63 Å². The van der Waals surface area contributed by atoms with E-state index in [0.717, 1.165) is 6.54 Å². The number of hydroxylamine groups is 2. The fraction of sp³-hybridized carbons (Fsp3) is 0.875. The zero-order valence-corrected chi connectivity index (χ0v) is 7.03. The van der Waals surface area contributed by atoms with Crippen LogP contribution in [0.2, 0.25) is 0 Å². The van der Waals surface area contributed by atoms with Gasteiger partial charge in [-0.3, -0.25) is 9.63 Å². The van der Waals surface area contributed by atoms with E-state index in [1.807, 2.05) is 0 Å². The summed E-state index contributed by atoms with van der Waals surface area (Å²) < 4.78 is 0. The third kappa shape index (κ3) is 1.32. The van der Waals surface area contributed by atoms with Gasteiger partial charge < -0.3 is 5.73 Å². The first-order valence-corrected chi connectivity index (χ1v) is 4.47. The summed E-state index contributed by atoms with van der Waals surface area (Å²) in [6, 6.07) is -0.426. The number of carbonyl (C=O) groups excluding carboxylic acids is 1. The standard InChI is InChI=1S/C8H14N2O2/c9-7-5-12-10(8(7)11)4-6-2-1-3-6/h6-7H,1-5,9H2. The number of hydrogen-bond donors (Lipinski definition) is 1. The second-order valence-electron chi connectivity index (χ2n) is 3.60. The van der Waals surface area contributed by atoms with Crippen molar-refractivity contribution in [3.63, 3.8) is 0 Å². The molecule has 0 aromatic rings. The summed E-state index contributed by atoms with van der Waals surface area (Å²) in [5.41, 5.74) is 5.49. The van der Waals surface area contributed by atoms with Gasteiger partial charge >= 0.3 is 0 Å². The summed E-state index contributed by atoms with van der Waals surface area (Å²) >= 11 is 0. The molecule has 12 heavy (non-hydrogen) atoms. The third-order valence-corrected chi connectivity index (χ3v) is 2.62. The highest BCUT2D eigenvalue weighted by molar-refractivity contribution is 5.82. The van der Waals surface area contributed by atoms with Crippen LogP contribution in [0.3, 0.4) is 0 Å². The van der Waals surface area contributed by atoms with Crippen LogP contribution < -0.4 is 5.73 Å². The average molecular weight is 170 g/mol. The van der Waals surface area contributed by atoms with Crippen LogP contribution in [0.5, 0.6) is 0 Å². The summed E-state index contributed by atoms with van der Waals surface area (Å²) in [5, 5.41) is 1.44. The largest absolute Gasteiger partial charge is 0.318 e. The summed E-state index contributed by atoms with van der Waals surface area (Å²) in [6.45, 7) is 1.10. The first kappa shape index (κ1) is 8.01. The molecule has 2 N–H and O–H groups in total. The Balaban J connectivity index is 1.83. The SMILES string of the molecule is NC1CON(CC2CCC2)C1=O. The monoisotopic (exact) mass is 170 g/mol. The molecule has 4 heteroatoms. The molecular weight excluding hydrogens is 156 g/mol. The number of amides is 1. The van der Waals surface area contributed by atoms with Crippen LogP contribution in [0.15, 0.2) is 0 Å². The summed E-state index contributed by atoms with van der Waals surface area (Å²) in [4.78, 5) is 16.4. The van der Waals surface area contributed by atoms with Crippen molar-refractivity contribution in [1.29, 1.82) is 0 Å². The van der Waals surface area contributed by atoms with Gasteiger partial charge in [0.05, 0.1) is 13.2 Å². The van der Waals surface area contributed by atoms with Gasteiger partial charge in [0.25, 0.3) is 5.91 Å². The van der Waals surface area contributed by atoms with Gasteiger partial charge in [-0.1, -0.05) is 6.42 Å². The molecule has 2 fully saturated rings. The molecule has 0 aromatic heterocycles. The second-order valence-corrected chi connectivity index (χ2v) is 3.60. The Morgan fingerprint density at radius 2 is 2.33 bits per heavy atom. The quantitative estimate of drug-likeness (QED) is 0.629. The van der Waals surface area contributed by atoms with Crippen LogP contribution in [0, 0.1) is 5.92 Å². The molecule has 1 aliphatic carbocycles. The number of rotatable bonds is 2. The van der Waals surface area contributed by atoms with E-state index in [-0.39, 0.29) is 5.91 Å². The molecule has 2 aliphatic rings. The Bertz CT molecular complexity index is 191. The van der Waals surface area contributed by atoms with E-state index in [1.165, 1.54) is 24.3 Å². The van der Waals surface area contributed by atoms with Gasteiger partial charge in [-0.2, -0.15) is 0 Å². The molecule has 2 rings (SSSR count). The molecule has 0 bridgehead atoms. The zero-order valence-electron chi connectivity index (χ0n) is 7.03. The van der Waals surface area contributed by atoms with Crippen molar-refractivity contribution < 1.29 is 9.63 Å². The van der Waals surface area contributed by atoms with E-state index in [0.29, 0.717) is 12.5 Å². The molecule has 68 valence electrons. The van der Waals surface area contributed by atoms with E-state index in [1.54, 1.807) is 0 Å². The molecule has 1 amide bonds. The van der Waals surface area contributed by atoms with E-state index in [4.69, 9.17) is 10.6 Å². The third-order valence-electron chi connectivity index (χ3n) is 2.62. The van der Waals surface area contributed by atoms with E-state index in [9.17, 15) is 4.79 Å². The minimum atomic E-state index is -0.426. The van der Waals surface area contributed by atoms with Crippen molar-refractivity contribution in [2.75, 3.05) is 13.2 Å². The van der Waals surface area contributed by atoms with Gasteiger partial charge in [-0.25, -0.2) is 5.06 Å². The van der Waals surface area contributed by atoms with Gasteiger partial charge in [0.2, 0.25) is 0 Å². The van der Waals surface area contributed by atoms with Crippen LogP contribution >= 0.6 is 0 Å². The Labute approximate surface area is 71.6 Å². The van der Waals surface area contributed by atoms with E-state index in [2.05, 4.69) is 0 Å². The maximum Gasteiger partial charge on any atom is 0.265 e. The highest BCUT2D eigenvalue weighted by Gasteiger charge is 2.32. The Morgan fingerprint density at radius 1 is 1.58 bits per heavy atom. The van der Waals surface area contributed by atoms with Gasteiger partial charge in [-0.15, -0.1) is 0 Å². The molecular formula is C8H14N2O2. The van der Waals surface area contributed by atoms with E-state index >= 15 is 0 Å². The van der Waals surface area contributed by atoms with Gasteiger partial charge in [0.1, 0.15) is 6.04 Å². The van der Waals surface area contributed by atoms with E-state index < -0.39 is 6.04 Å². The molecule has 1 saturated carbocycles. The number of nitrogens with two attached hydrogens (primary N) is 1. The van der Waals surface area contributed by atoms with Gasteiger partial charge in [0, 0.05) is 0 Å². The van der Waals surface area contributed by atoms with Crippen LogP contribution in [0.25, 0.3) is 0 Å². The summed E-state index contributed by atoms with van der Waals surface area (Å²) in [5.74, 6) is 0.598. The number of nitrogens with zero attached hydrogens (tertiary/aromatic N) is 1. The minimum absolute atomic E-state index is 0.0538. The van der Waals surface area contributed by atoms with Gasteiger partial charge in [-0.05, 0) is 18.8 Å². The van der Waals surface area contributed by atoms with Crippen molar-refractivity contribution in [2.45, 2.75) is 25.3 Å². The lowest BCUT2D eigenvalue weighted by Gasteiger charge is -2.28. The molecule has 0 spiro atoms. The lowest BCUT2D eigenvalue weighted by molar-refractivity contribution is -0.166. The molecule has 1 aliphatic heterocycles. The molecule has 0 radical (unpaired) electrons. The lowest BCUT2D eigenvalue weighted by atomic mass is 9.85. The van der Waals surface area contributed by atoms with Crippen molar-refractivity contribution in [3.05, 3.63) is 0 Å². The van der Waals surface area contributed by atoms with Crippen molar-refractivity contribution >= 4 is 5.91 Å². The molecule has 1 saturated heterocycles. The predicted molar refractivity (Wildman–Crippen MR) is 43.0 cm³/mol. The van der Waals surface area contributed by atoms with Crippen molar-refractivity contribution in [2.24, 2.45) is 11.7 Å². The molecule has 1 heterocycles. The Kier molecular flexibility index (Phi) is 2.02. The van der Waals surface area contributed by atoms with Crippen molar-refractivity contribution in [3.8, 4) is 0 Å². The minimum Gasteiger partial charge on any atom is -0.318 e. The first-order chi connectivity index (χ1) is 5.77. The highest BCUT2D eigenvalue weighted by atomic mass is 16.7. The first-order valence-electron chi connectivity index (χ1n) is 4.47. The lowest BCUT2D eigenvalue weighted by Crippen LogP contribution is -2.38. The normalized spacial score (nSPS) is 30.9. The molecule has 0 aromatic carbocycles. The van der Waals surface area contributed by atoms with Crippen LogP contribution in [0.1, 0.15) is 19.3 Å². The summed E-state index contributed by atoms with van der Waals surface area (Å²) in [7, 11) is 0. The second kappa shape index (κ2) is 3.03. The summed E-state index contributed by atoms with van der Waals surface area (Å²) in [6.07, 6.45) is 3.74. The van der Waals surface area contributed by atoms with Crippen molar-refractivity contribution in [1.82, 2.24) is 5.06 Å². The topological polar surface area (TPSA) is 55.6 Å². The number of carbonyl (C=O) groups is 1. The zero-order chi connectivity index (χ0) is 8.55. The average Bonchev–Trinajstić information content (AvgIpc) is 2.27. The maximum absolute atomic E-state index is 11.3. The molecule has 4 nitrogen and oxygen atoms in total. The van der Waals surface area contributed by atoms with Crippen LogP contribution in [-0.4, -0.2) is 30.2 Å². The Morgan fingerprint density at radius 3 is 2.75 bits per heavy atom. The Hall–Kier alpha value is -0.610. The smallest absolute Gasteiger partial charge is 0.265 e. The fourth-order valence-electron chi connectivity index (χ4n) is 1.54. The fourth-order valence-corrected chi connectivity index (χ4v) is 1.54. The molecule has 1 atom stereocenters. The maximum atomic E-state index is 11.3. The number of hydrogen-bond acceptors (Lipinski definition) is 3. The molecule has 1 unspecified atom stereocenters. The predicted octanol–water partition coefficient (Wildman–Crippen LogP) is -0.112. The van der Waals surface area contributed by atoms with Gasteiger partial charge in [0.15, 0.2) is 0 Å². The van der Waals surface area contributed by atoms with Crippen LogP contribution in [0.4, 0.5) is 0 Å². The highest BCUT2D eigenvalue weighted by Crippen LogP contribution is 2.28.